The van der Waals surface area contributed by atoms with Crippen molar-refractivity contribution in [2.75, 3.05) is 5.32 Å². The molecule has 0 saturated carbocycles. The largest absolute Gasteiger partial charge is 0.348 e. The van der Waals surface area contributed by atoms with Gasteiger partial charge in [0, 0.05) is 17.6 Å². The highest BCUT2D eigenvalue weighted by Crippen LogP contribution is 2.16. The van der Waals surface area contributed by atoms with Crippen LogP contribution in [0.1, 0.15) is 5.56 Å². The SMILES string of the molecule is O=c1[nH]nc2cc(Nc3ccc(CCl)cc3)ncn12. The van der Waals surface area contributed by atoms with Gasteiger partial charge < -0.3 is 5.32 Å². The van der Waals surface area contributed by atoms with Gasteiger partial charge in [-0.05, 0) is 17.7 Å². The van der Waals surface area contributed by atoms with Gasteiger partial charge in [0.25, 0.3) is 0 Å². The summed E-state index contributed by atoms with van der Waals surface area (Å²) >= 11 is 5.73. The van der Waals surface area contributed by atoms with Crippen molar-refractivity contribution in [2.24, 2.45) is 0 Å². The minimum absolute atomic E-state index is 0.305. The molecule has 3 aromatic rings. The van der Waals surface area contributed by atoms with Gasteiger partial charge in [0.2, 0.25) is 0 Å². The van der Waals surface area contributed by atoms with E-state index in [1.807, 2.05) is 24.3 Å². The Balaban J connectivity index is 1.89. The van der Waals surface area contributed by atoms with Crippen LogP contribution in [0.3, 0.4) is 0 Å². The van der Waals surface area contributed by atoms with Crippen molar-refractivity contribution in [3.8, 4) is 0 Å². The molecule has 2 aromatic heterocycles. The molecule has 0 aliphatic rings. The Morgan fingerprint density at radius 2 is 2.11 bits per heavy atom. The first kappa shape index (κ1) is 11.7. The number of anilines is 2. The first-order valence-electron chi connectivity index (χ1n) is 5.61. The number of nitrogens with one attached hydrogen (secondary N) is 2. The molecule has 0 radical (unpaired) electrons. The molecule has 6 nitrogen and oxygen atoms in total. The summed E-state index contributed by atoms with van der Waals surface area (Å²) in [5.41, 5.74) is 2.15. The zero-order valence-electron chi connectivity index (χ0n) is 9.80. The summed E-state index contributed by atoms with van der Waals surface area (Å²) < 4.78 is 1.34. The molecule has 96 valence electrons. The molecule has 1 aromatic carbocycles. The van der Waals surface area contributed by atoms with Gasteiger partial charge in [-0.25, -0.2) is 19.3 Å². The highest BCUT2D eigenvalue weighted by atomic mass is 35.5. The number of H-pyrrole nitrogens is 1. The molecule has 2 heterocycles. The van der Waals surface area contributed by atoms with Gasteiger partial charge in [-0.1, -0.05) is 12.1 Å². The van der Waals surface area contributed by atoms with E-state index in [1.165, 1.54) is 10.7 Å². The van der Waals surface area contributed by atoms with Crippen LogP contribution < -0.4 is 11.0 Å². The fraction of sp³-hybridized carbons (Fsp3) is 0.0833. The van der Waals surface area contributed by atoms with Crippen molar-refractivity contribution >= 4 is 28.8 Å². The van der Waals surface area contributed by atoms with Crippen molar-refractivity contribution in [1.82, 2.24) is 19.6 Å². The molecule has 0 amide bonds. The van der Waals surface area contributed by atoms with E-state index in [4.69, 9.17) is 11.6 Å². The van der Waals surface area contributed by atoms with E-state index in [0.29, 0.717) is 17.3 Å². The molecule has 0 bridgehead atoms. The fourth-order valence-corrected chi connectivity index (χ4v) is 1.88. The molecule has 19 heavy (non-hydrogen) atoms. The molecule has 0 unspecified atom stereocenters. The zero-order valence-corrected chi connectivity index (χ0v) is 10.6. The topological polar surface area (TPSA) is 75.1 Å². The first-order valence-corrected chi connectivity index (χ1v) is 6.14. The third-order valence-corrected chi connectivity index (χ3v) is 3.00. The van der Waals surface area contributed by atoms with Gasteiger partial charge in [0.05, 0.1) is 0 Å². The summed E-state index contributed by atoms with van der Waals surface area (Å²) in [5, 5.41) is 9.37. The molecule has 2 N–H and O–H groups in total. The van der Waals surface area contributed by atoms with Crippen molar-refractivity contribution in [3.05, 3.63) is 52.7 Å². The number of aromatic amines is 1. The molecular formula is C12H10ClN5O. The van der Waals surface area contributed by atoms with Gasteiger partial charge in [0.1, 0.15) is 12.1 Å². The number of rotatable bonds is 3. The van der Waals surface area contributed by atoms with Crippen LogP contribution in [-0.2, 0) is 5.88 Å². The normalized spacial score (nSPS) is 10.8. The predicted molar refractivity (Wildman–Crippen MR) is 72.9 cm³/mol. The van der Waals surface area contributed by atoms with Gasteiger partial charge in [0.15, 0.2) is 5.65 Å². The molecule has 0 aliphatic carbocycles. The highest BCUT2D eigenvalue weighted by molar-refractivity contribution is 6.17. The van der Waals surface area contributed by atoms with Gasteiger partial charge in [-0.3, -0.25) is 0 Å². The van der Waals surface area contributed by atoms with E-state index in [1.54, 1.807) is 6.07 Å². The number of fused-ring (bicyclic) bond motifs is 1. The second-order valence-corrected chi connectivity index (χ2v) is 4.25. The highest BCUT2D eigenvalue weighted by Gasteiger charge is 2.02. The van der Waals surface area contributed by atoms with E-state index < -0.39 is 0 Å². The summed E-state index contributed by atoms with van der Waals surface area (Å²) in [4.78, 5) is 15.4. The average Bonchev–Trinajstić information content (AvgIpc) is 2.81. The van der Waals surface area contributed by atoms with Crippen LogP contribution in [0.15, 0.2) is 41.5 Å². The number of hydrogen-bond acceptors (Lipinski definition) is 4. The van der Waals surface area contributed by atoms with Crippen LogP contribution in [0.2, 0.25) is 0 Å². The summed E-state index contributed by atoms with van der Waals surface area (Å²) in [5.74, 6) is 1.10. The van der Waals surface area contributed by atoms with E-state index in [2.05, 4.69) is 20.5 Å². The van der Waals surface area contributed by atoms with Crippen LogP contribution in [0.25, 0.3) is 5.65 Å². The Bertz CT molecular complexity index is 762. The second kappa shape index (κ2) is 4.74. The van der Waals surface area contributed by atoms with Crippen LogP contribution in [0.5, 0.6) is 0 Å². The van der Waals surface area contributed by atoms with Crippen molar-refractivity contribution in [2.45, 2.75) is 5.88 Å². The lowest BCUT2D eigenvalue weighted by Crippen LogP contribution is -2.09. The number of hydrogen-bond donors (Lipinski definition) is 2. The minimum atomic E-state index is -0.305. The first-order chi connectivity index (χ1) is 9.26. The molecule has 0 atom stereocenters. The van der Waals surface area contributed by atoms with Crippen LogP contribution in [0, 0.1) is 0 Å². The summed E-state index contributed by atoms with van der Waals surface area (Å²) in [6.45, 7) is 0. The van der Waals surface area contributed by atoms with Gasteiger partial charge >= 0.3 is 5.69 Å². The van der Waals surface area contributed by atoms with Gasteiger partial charge in [-0.2, -0.15) is 5.10 Å². The Kier molecular flexibility index (Phi) is 2.92. The second-order valence-electron chi connectivity index (χ2n) is 3.99. The van der Waals surface area contributed by atoms with Gasteiger partial charge in [-0.15, -0.1) is 11.6 Å². The monoisotopic (exact) mass is 275 g/mol. The number of halogens is 1. The van der Waals surface area contributed by atoms with Crippen LogP contribution in [-0.4, -0.2) is 19.6 Å². The summed E-state index contributed by atoms with van der Waals surface area (Å²) in [6, 6.07) is 9.40. The van der Waals surface area contributed by atoms with Crippen LogP contribution >= 0.6 is 11.6 Å². The van der Waals surface area contributed by atoms with E-state index in [-0.39, 0.29) is 5.69 Å². The summed E-state index contributed by atoms with van der Waals surface area (Å²) in [7, 11) is 0. The Labute approximate surface area is 113 Å². The maximum absolute atomic E-state index is 11.3. The predicted octanol–water partition coefficient (Wildman–Crippen LogP) is 1.90. The minimum Gasteiger partial charge on any atom is -0.340 e. The lowest BCUT2D eigenvalue weighted by Gasteiger charge is -2.05. The van der Waals surface area contributed by atoms with Crippen molar-refractivity contribution in [3.63, 3.8) is 0 Å². The summed E-state index contributed by atoms with van der Waals surface area (Å²) in [6.07, 6.45) is 1.43. The Hall–Kier alpha value is -2.34. The number of aromatic nitrogens is 4. The maximum Gasteiger partial charge on any atom is 0.348 e. The van der Waals surface area contributed by atoms with E-state index in [9.17, 15) is 4.79 Å². The zero-order chi connectivity index (χ0) is 13.2. The maximum atomic E-state index is 11.3. The Morgan fingerprint density at radius 1 is 1.32 bits per heavy atom. The molecule has 3 rings (SSSR count). The smallest absolute Gasteiger partial charge is 0.340 e. The average molecular weight is 276 g/mol. The number of benzene rings is 1. The van der Waals surface area contributed by atoms with E-state index >= 15 is 0 Å². The number of nitrogens with zero attached hydrogens (tertiary/aromatic N) is 3. The van der Waals surface area contributed by atoms with Crippen molar-refractivity contribution in [1.29, 1.82) is 0 Å². The quantitative estimate of drug-likeness (QED) is 0.716. The standard InChI is InChI=1S/C12H10ClN5O/c13-6-8-1-3-9(4-2-8)15-10-5-11-16-17-12(19)18(11)7-14-10/h1-5,7,15H,6H2,(H,17,19). The molecule has 7 heteroatoms. The van der Waals surface area contributed by atoms with E-state index in [0.717, 1.165) is 11.3 Å². The fourth-order valence-electron chi connectivity index (χ4n) is 1.70. The molecule has 0 spiro atoms. The third kappa shape index (κ3) is 2.30. The van der Waals surface area contributed by atoms with Crippen molar-refractivity contribution < 1.29 is 0 Å². The lowest BCUT2D eigenvalue weighted by atomic mass is 10.2. The molecule has 0 aliphatic heterocycles. The Morgan fingerprint density at radius 3 is 2.84 bits per heavy atom. The number of alkyl halides is 1. The lowest BCUT2D eigenvalue weighted by molar-refractivity contribution is 0.998. The molecular weight excluding hydrogens is 266 g/mol. The van der Waals surface area contributed by atoms with Crippen LogP contribution in [0.4, 0.5) is 11.5 Å². The third-order valence-electron chi connectivity index (χ3n) is 2.69. The molecule has 0 fully saturated rings. The molecule has 0 saturated heterocycles.